The van der Waals surface area contributed by atoms with Crippen molar-refractivity contribution in [3.05, 3.63) is 18.6 Å². The Morgan fingerprint density at radius 2 is 2.27 bits per heavy atom. The van der Waals surface area contributed by atoms with Gasteiger partial charge < -0.3 is 10.4 Å². The summed E-state index contributed by atoms with van der Waals surface area (Å²) in [6.45, 7) is 4.73. The van der Waals surface area contributed by atoms with Crippen LogP contribution in [0.2, 0.25) is 0 Å². The van der Waals surface area contributed by atoms with Gasteiger partial charge in [-0.15, -0.1) is 11.8 Å². The third kappa shape index (κ3) is 5.71. The molecule has 1 aromatic rings. The van der Waals surface area contributed by atoms with Gasteiger partial charge in [0.2, 0.25) is 0 Å². The molecule has 0 saturated carbocycles. The number of nitrogens with zero attached hydrogens (tertiary/aromatic N) is 2. The van der Waals surface area contributed by atoms with Crippen molar-refractivity contribution in [2.45, 2.75) is 31.0 Å². The van der Waals surface area contributed by atoms with Crippen LogP contribution in [0.3, 0.4) is 0 Å². The van der Waals surface area contributed by atoms with Crippen molar-refractivity contribution in [2.24, 2.45) is 0 Å². The summed E-state index contributed by atoms with van der Waals surface area (Å²) < 4.78 is 0. The molecule has 5 heteroatoms. The minimum atomic E-state index is -0.348. The van der Waals surface area contributed by atoms with E-state index in [1.165, 1.54) is 11.8 Å². The van der Waals surface area contributed by atoms with Gasteiger partial charge in [0.25, 0.3) is 0 Å². The van der Waals surface area contributed by atoms with Gasteiger partial charge in [-0.05, 0) is 0 Å². The Balaban J connectivity index is 2.19. The summed E-state index contributed by atoms with van der Waals surface area (Å²) in [5.41, 5.74) is 0. The van der Waals surface area contributed by atoms with Crippen LogP contribution < -0.4 is 5.32 Å². The van der Waals surface area contributed by atoms with E-state index in [-0.39, 0.29) is 6.10 Å². The number of aliphatic hydroxyl groups excluding tert-OH is 1. The lowest BCUT2D eigenvalue weighted by atomic mass is 10.3. The Morgan fingerprint density at radius 3 is 2.87 bits per heavy atom. The molecular formula is C10H17N3OS. The number of aromatic nitrogens is 2. The maximum absolute atomic E-state index is 9.63. The lowest BCUT2D eigenvalue weighted by Crippen LogP contribution is -2.33. The molecule has 0 aromatic carbocycles. The van der Waals surface area contributed by atoms with Crippen LogP contribution in [0.15, 0.2) is 23.6 Å². The summed E-state index contributed by atoms with van der Waals surface area (Å²) in [6, 6.07) is 0.404. The smallest absolute Gasteiger partial charge is 0.114 e. The molecule has 1 unspecified atom stereocenters. The second kappa shape index (κ2) is 6.76. The number of aliphatic hydroxyl groups is 1. The Hall–Kier alpha value is -0.650. The topological polar surface area (TPSA) is 58.0 Å². The molecule has 0 bridgehead atoms. The first-order valence-electron chi connectivity index (χ1n) is 4.98. The average Bonchev–Trinajstić information content (AvgIpc) is 2.25. The molecule has 0 amide bonds. The molecule has 1 rings (SSSR count). The summed E-state index contributed by atoms with van der Waals surface area (Å²) in [6.07, 6.45) is 4.65. The van der Waals surface area contributed by atoms with E-state index in [0.29, 0.717) is 18.3 Å². The Kier molecular flexibility index (Phi) is 5.60. The molecule has 1 aromatic heterocycles. The van der Waals surface area contributed by atoms with Crippen LogP contribution >= 0.6 is 11.8 Å². The Labute approximate surface area is 94.5 Å². The highest BCUT2D eigenvalue weighted by atomic mass is 32.2. The standard InChI is InChI=1S/C10H17N3OS/c1-8(2)13-5-9(14)7-15-10-6-11-3-4-12-10/h3-4,6,8-9,13-14H,5,7H2,1-2H3. The third-order valence-electron chi connectivity index (χ3n) is 1.72. The number of rotatable bonds is 6. The van der Waals surface area contributed by atoms with Gasteiger partial charge in [-0.3, -0.25) is 4.98 Å². The van der Waals surface area contributed by atoms with Gasteiger partial charge in [-0.2, -0.15) is 0 Å². The van der Waals surface area contributed by atoms with Gasteiger partial charge >= 0.3 is 0 Å². The van der Waals surface area contributed by atoms with Gasteiger partial charge in [0, 0.05) is 30.7 Å². The molecule has 0 saturated heterocycles. The van der Waals surface area contributed by atoms with E-state index < -0.39 is 0 Å². The van der Waals surface area contributed by atoms with Gasteiger partial charge in [-0.1, -0.05) is 13.8 Å². The zero-order valence-electron chi connectivity index (χ0n) is 9.05. The number of hydrogen-bond acceptors (Lipinski definition) is 5. The molecule has 0 aliphatic carbocycles. The fourth-order valence-corrected chi connectivity index (χ4v) is 1.72. The summed E-state index contributed by atoms with van der Waals surface area (Å²) in [4.78, 5) is 8.07. The maximum atomic E-state index is 9.63. The normalized spacial score (nSPS) is 13.1. The minimum Gasteiger partial charge on any atom is -0.391 e. The monoisotopic (exact) mass is 227 g/mol. The molecule has 0 aliphatic rings. The SMILES string of the molecule is CC(C)NCC(O)CSc1cnccn1. The third-order valence-corrected chi connectivity index (χ3v) is 2.78. The van der Waals surface area contributed by atoms with E-state index in [1.807, 2.05) is 0 Å². The molecular weight excluding hydrogens is 210 g/mol. The zero-order chi connectivity index (χ0) is 11.1. The fourth-order valence-electron chi connectivity index (χ4n) is 0.972. The minimum absolute atomic E-state index is 0.348. The predicted molar refractivity (Wildman–Crippen MR) is 61.9 cm³/mol. The summed E-state index contributed by atoms with van der Waals surface area (Å²) in [5, 5.41) is 13.7. The predicted octanol–water partition coefficient (Wildman–Crippen LogP) is 0.928. The largest absolute Gasteiger partial charge is 0.391 e. The Bertz CT molecular complexity index is 269. The highest BCUT2D eigenvalue weighted by molar-refractivity contribution is 7.99. The van der Waals surface area contributed by atoms with Crippen molar-refractivity contribution in [1.29, 1.82) is 0 Å². The number of thioether (sulfide) groups is 1. The van der Waals surface area contributed by atoms with Crippen LogP contribution in [0.4, 0.5) is 0 Å². The first-order valence-corrected chi connectivity index (χ1v) is 5.97. The van der Waals surface area contributed by atoms with E-state index in [0.717, 1.165) is 5.03 Å². The number of hydrogen-bond donors (Lipinski definition) is 2. The van der Waals surface area contributed by atoms with Crippen molar-refractivity contribution in [2.75, 3.05) is 12.3 Å². The zero-order valence-corrected chi connectivity index (χ0v) is 9.87. The molecule has 0 fully saturated rings. The van der Waals surface area contributed by atoms with Crippen LogP contribution in [0, 0.1) is 0 Å². The van der Waals surface area contributed by atoms with E-state index in [2.05, 4.69) is 29.1 Å². The number of nitrogens with one attached hydrogen (secondary N) is 1. The molecule has 0 radical (unpaired) electrons. The molecule has 0 spiro atoms. The lowest BCUT2D eigenvalue weighted by molar-refractivity contribution is 0.192. The van der Waals surface area contributed by atoms with E-state index in [1.54, 1.807) is 18.6 Å². The van der Waals surface area contributed by atoms with E-state index in [9.17, 15) is 5.11 Å². The van der Waals surface area contributed by atoms with Crippen LogP contribution in [-0.4, -0.2) is 39.5 Å². The summed E-state index contributed by atoms with van der Waals surface area (Å²) in [7, 11) is 0. The first kappa shape index (κ1) is 12.4. The molecule has 2 N–H and O–H groups in total. The maximum Gasteiger partial charge on any atom is 0.114 e. The molecule has 15 heavy (non-hydrogen) atoms. The van der Waals surface area contributed by atoms with Crippen molar-refractivity contribution >= 4 is 11.8 Å². The molecule has 84 valence electrons. The van der Waals surface area contributed by atoms with Crippen LogP contribution in [0.5, 0.6) is 0 Å². The van der Waals surface area contributed by atoms with Gasteiger partial charge in [-0.25, -0.2) is 4.98 Å². The van der Waals surface area contributed by atoms with Gasteiger partial charge in [0.15, 0.2) is 0 Å². The second-order valence-electron chi connectivity index (χ2n) is 3.57. The highest BCUT2D eigenvalue weighted by Crippen LogP contribution is 2.13. The quantitative estimate of drug-likeness (QED) is 0.708. The Morgan fingerprint density at radius 1 is 1.47 bits per heavy atom. The van der Waals surface area contributed by atoms with Crippen molar-refractivity contribution in [1.82, 2.24) is 15.3 Å². The molecule has 1 atom stereocenters. The second-order valence-corrected chi connectivity index (χ2v) is 4.61. The molecule has 4 nitrogen and oxygen atoms in total. The summed E-state index contributed by atoms with van der Waals surface area (Å²) in [5.74, 6) is 0.637. The lowest BCUT2D eigenvalue weighted by Gasteiger charge is -2.13. The van der Waals surface area contributed by atoms with Crippen molar-refractivity contribution in [3.63, 3.8) is 0 Å². The fraction of sp³-hybridized carbons (Fsp3) is 0.600. The molecule has 0 aliphatic heterocycles. The molecule has 1 heterocycles. The summed E-state index contributed by atoms with van der Waals surface area (Å²) >= 11 is 1.52. The van der Waals surface area contributed by atoms with Crippen molar-refractivity contribution < 1.29 is 5.11 Å². The van der Waals surface area contributed by atoms with Crippen LogP contribution in [-0.2, 0) is 0 Å². The first-order chi connectivity index (χ1) is 7.18. The van der Waals surface area contributed by atoms with E-state index >= 15 is 0 Å². The van der Waals surface area contributed by atoms with E-state index in [4.69, 9.17) is 0 Å². The average molecular weight is 227 g/mol. The van der Waals surface area contributed by atoms with Crippen LogP contribution in [0.1, 0.15) is 13.8 Å². The van der Waals surface area contributed by atoms with Gasteiger partial charge in [0.05, 0.1) is 12.3 Å². The highest BCUT2D eigenvalue weighted by Gasteiger charge is 2.06. The van der Waals surface area contributed by atoms with Gasteiger partial charge in [0.1, 0.15) is 5.03 Å². The van der Waals surface area contributed by atoms with Crippen molar-refractivity contribution in [3.8, 4) is 0 Å². The van der Waals surface area contributed by atoms with Crippen LogP contribution in [0.25, 0.3) is 0 Å².